The van der Waals surface area contributed by atoms with E-state index in [2.05, 4.69) is 5.32 Å². The van der Waals surface area contributed by atoms with Gasteiger partial charge in [0.1, 0.15) is 12.4 Å². The summed E-state index contributed by atoms with van der Waals surface area (Å²) in [5.74, 6) is 0.861. The molecule has 1 aliphatic carbocycles. The number of aryl methyl sites for hydroxylation is 2. The molecule has 1 amide bonds. The molecule has 116 valence electrons. The van der Waals surface area contributed by atoms with Crippen molar-refractivity contribution in [3.05, 3.63) is 23.3 Å². The van der Waals surface area contributed by atoms with Crippen molar-refractivity contribution in [2.24, 2.45) is 11.1 Å². The number of rotatable bonds is 6. The average molecular weight is 312 g/mol. The highest BCUT2D eigenvalue weighted by atomic mass is 32.2. The largest absolute Gasteiger partial charge is 0.491 e. The van der Waals surface area contributed by atoms with Gasteiger partial charge in [0.15, 0.2) is 0 Å². The van der Waals surface area contributed by atoms with Crippen LogP contribution in [-0.4, -0.2) is 27.5 Å². The number of carbonyl (C=O) groups is 1. The van der Waals surface area contributed by atoms with Crippen LogP contribution >= 0.6 is 0 Å². The average Bonchev–Trinajstić information content (AvgIpc) is 3.20. The van der Waals surface area contributed by atoms with Gasteiger partial charge in [-0.3, -0.25) is 4.79 Å². The minimum Gasteiger partial charge on any atom is -0.491 e. The highest BCUT2D eigenvalue weighted by molar-refractivity contribution is 7.89. The molecule has 0 unspecified atom stereocenters. The van der Waals surface area contributed by atoms with Crippen molar-refractivity contribution in [1.82, 2.24) is 5.32 Å². The fourth-order valence-corrected chi connectivity index (χ4v) is 2.90. The molecule has 0 aliphatic heterocycles. The van der Waals surface area contributed by atoms with E-state index >= 15 is 0 Å². The highest BCUT2D eigenvalue weighted by Gasteiger charge is 2.29. The second-order valence-electron chi connectivity index (χ2n) is 5.34. The Bertz CT molecular complexity index is 651. The number of benzene rings is 1. The van der Waals surface area contributed by atoms with Gasteiger partial charge >= 0.3 is 0 Å². The Hall–Kier alpha value is -1.60. The molecule has 0 aromatic heterocycles. The van der Waals surface area contributed by atoms with Crippen molar-refractivity contribution in [2.75, 3.05) is 13.2 Å². The lowest BCUT2D eigenvalue weighted by Crippen LogP contribution is -2.29. The van der Waals surface area contributed by atoms with Crippen molar-refractivity contribution >= 4 is 15.9 Å². The first-order valence-corrected chi connectivity index (χ1v) is 8.38. The van der Waals surface area contributed by atoms with Crippen molar-refractivity contribution in [1.29, 1.82) is 0 Å². The number of amides is 1. The standard InChI is InChI=1S/C14H20N2O4S/c1-9-8-13(21(15,18)19)10(2)7-12(9)20-6-5-16-14(17)11-3-4-11/h7-8,11H,3-6H2,1-2H3,(H,16,17)(H2,15,18,19). The lowest BCUT2D eigenvalue weighted by atomic mass is 10.1. The van der Waals surface area contributed by atoms with E-state index in [-0.39, 0.29) is 16.7 Å². The number of hydrogen-bond acceptors (Lipinski definition) is 4. The van der Waals surface area contributed by atoms with Crippen LogP contribution in [0.25, 0.3) is 0 Å². The van der Waals surface area contributed by atoms with Gasteiger partial charge in [0.05, 0.1) is 11.4 Å². The van der Waals surface area contributed by atoms with E-state index in [0.29, 0.717) is 30.0 Å². The maximum absolute atomic E-state index is 11.4. The summed E-state index contributed by atoms with van der Waals surface area (Å²) in [6, 6.07) is 3.15. The summed E-state index contributed by atoms with van der Waals surface area (Å²) in [5, 5.41) is 7.95. The molecule has 0 heterocycles. The molecule has 0 spiro atoms. The number of primary sulfonamides is 1. The molecule has 0 atom stereocenters. The Balaban J connectivity index is 1.94. The third-order valence-corrected chi connectivity index (χ3v) is 4.44. The Morgan fingerprint density at radius 3 is 2.57 bits per heavy atom. The topological polar surface area (TPSA) is 98.5 Å². The molecule has 0 bridgehead atoms. The Labute approximate surface area is 124 Å². The van der Waals surface area contributed by atoms with E-state index < -0.39 is 10.0 Å². The van der Waals surface area contributed by atoms with E-state index in [9.17, 15) is 13.2 Å². The Kier molecular flexibility index (Phi) is 4.53. The van der Waals surface area contributed by atoms with Gasteiger partial charge in [0.2, 0.25) is 15.9 Å². The van der Waals surface area contributed by atoms with Gasteiger partial charge in [-0.05, 0) is 49.9 Å². The van der Waals surface area contributed by atoms with Crippen molar-refractivity contribution in [3.8, 4) is 5.75 Å². The molecule has 0 saturated heterocycles. The summed E-state index contributed by atoms with van der Waals surface area (Å²) in [4.78, 5) is 11.6. The van der Waals surface area contributed by atoms with E-state index in [4.69, 9.17) is 9.88 Å². The molecule has 6 nitrogen and oxygen atoms in total. The third kappa shape index (κ3) is 4.18. The monoisotopic (exact) mass is 312 g/mol. The summed E-state index contributed by atoms with van der Waals surface area (Å²) < 4.78 is 28.4. The van der Waals surface area contributed by atoms with Crippen molar-refractivity contribution < 1.29 is 17.9 Å². The van der Waals surface area contributed by atoms with E-state index in [1.54, 1.807) is 19.9 Å². The minimum atomic E-state index is -3.72. The van der Waals surface area contributed by atoms with Crippen LogP contribution in [0.3, 0.4) is 0 Å². The number of nitrogens with two attached hydrogens (primary N) is 1. The normalized spacial score (nSPS) is 14.8. The van der Waals surface area contributed by atoms with E-state index in [1.807, 2.05) is 0 Å². The first-order chi connectivity index (χ1) is 9.79. The van der Waals surface area contributed by atoms with Gasteiger partial charge in [0.25, 0.3) is 0 Å². The molecule has 21 heavy (non-hydrogen) atoms. The number of hydrogen-bond donors (Lipinski definition) is 2. The summed E-state index contributed by atoms with van der Waals surface area (Å²) in [7, 11) is -3.72. The summed E-state index contributed by atoms with van der Waals surface area (Å²) in [6.45, 7) is 4.20. The van der Waals surface area contributed by atoms with Gasteiger partial charge in [-0.25, -0.2) is 13.6 Å². The predicted octanol–water partition coefficient (Wildman–Crippen LogP) is 0.856. The van der Waals surface area contributed by atoms with Crippen LogP contribution in [0.4, 0.5) is 0 Å². The molecule has 1 fully saturated rings. The summed E-state index contributed by atoms with van der Waals surface area (Å²) in [5.41, 5.74) is 1.23. The molecule has 2 rings (SSSR count). The molecule has 1 aromatic carbocycles. The lowest BCUT2D eigenvalue weighted by molar-refractivity contribution is -0.122. The van der Waals surface area contributed by atoms with Gasteiger partial charge in [-0.2, -0.15) is 0 Å². The first kappa shape index (κ1) is 15.8. The second kappa shape index (κ2) is 6.03. The van der Waals surface area contributed by atoms with Gasteiger partial charge in [0, 0.05) is 5.92 Å². The van der Waals surface area contributed by atoms with Crippen molar-refractivity contribution in [2.45, 2.75) is 31.6 Å². The Morgan fingerprint density at radius 2 is 2.00 bits per heavy atom. The zero-order chi connectivity index (χ0) is 15.6. The molecule has 1 aliphatic rings. The number of sulfonamides is 1. The zero-order valence-corrected chi connectivity index (χ0v) is 13.0. The van der Waals surface area contributed by atoms with Gasteiger partial charge < -0.3 is 10.1 Å². The fourth-order valence-electron chi connectivity index (χ4n) is 2.05. The molecule has 0 radical (unpaired) electrons. The van der Waals surface area contributed by atoms with Crippen LogP contribution in [-0.2, 0) is 14.8 Å². The van der Waals surface area contributed by atoms with Crippen LogP contribution < -0.4 is 15.2 Å². The highest BCUT2D eigenvalue weighted by Crippen LogP contribution is 2.28. The number of ether oxygens (including phenoxy) is 1. The third-order valence-electron chi connectivity index (χ3n) is 3.39. The molecular formula is C14H20N2O4S. The fraction of sp³-hybridized carbons (Fsp3) is 0.500. The maximum atomic E-state index is 11.4. The summed E-state index contributed by atoms with van der Waals surface area (Å²) >= 11 is 0. The zero-order valence-electron chi connectivity index (χ0n) is 12.2. The van der Waals surface area contributed by atoms with Crippen LogP contribution in [0.1, 0.15) is 24.0 Å². The lowest BCUT2D eigenvalue weighted by Gasteiger charge is -2.13. The van der Waals surface area contributed by atoms with E-state index in [1.165, 1.54) is 6.07 Å². The molecule has 3 N–H and O–H groups in total. The molecule has 1 aromatic rings. The van der Waals surface area contributed by atoms with Gasteiger partial charge in [-0.1, -0.05) is 0 Å². The van der Waals surface area contributed by atoms with Crippen LogP contribution in [0.2, 0.25) is 0 Å². The SMILES string of the molecule is Cc1cc(S(N)(=O)=O)c(C)cc1OCCNC(=O)C1CC1. The predicted molar refractivity (Wildman–Crippen MR) is 78.5 cm³/mol. The van der Waals surface area contributed by atoms with Crippen LogP contribution in [0, 0.1) is 19.8 Å². The first-order valence-electron chi connectivity index (χ1n) is 6.83. The quantitative estimate of drug-likeness (QED) is 0.761. The van der Waals surface area contributed by atoms with E-state index in [0.717, 1.165) is 12.8 Å². The molecule has 7 heteroatoms. The Morgan fingerprint density at radius 1 is 1.33 bits per heavy atom. The van der Waals surface area contributed by atoms with Crippen LogP contribution in [0.15, 0.2) is 17.0 Å². The van der Waals surface area contributed by atoms with Crippen LogP contribution in [0.5, 0.6) is 5.75 Å². The maximum Gasteiger partial charge on any atom is 0.238 e. The summed E-state index contributed by atoms with van der Waals surface area (Å²) in [6.07, 6.45) is 1.94. The van der Waals surface area contributed by atoms with Gasteiger partial charge in [-0.15, -0.1) is 0 Å². The number of carbonyl (C=O) groups excluding carboxylic acids is 1. The minimum absolute atomic E-state index is 0.0797. The molecular weight excluding hydrogens is 292 g/mol. The second-order valence-corrected chi connectivity index (χ2v) is 6.87. The van der Waals surface area contributed by atoms with Crippen molar-refractivity contribution in [3.63, 3.8) is 0 Å². The smallest absolute Gasteiger partial charge is 0.238 e. The molecule has 1 saturated carbocycles. The number of nitrogens with one attached hydrogen (secondary N) is 1.